The standard InChI is InChI=1S/C14H21N5O3/c1-9(2)13-15-6-7-19(13)10(3)14(21)16-5-4-11-17-12(8-20)22-18-11/h6-7,9-10,20H,4-5,8H2,1-3H3,(H,16,21). The van der Waals surface area contributed by atoms with Crippen molar-refractivity contribution in [1.82, 2.24) is 25.0 Å². The summed E-state index contributed by atoms with van der Waals surface area (Å²) in [5.74, 6) is 1.68. The Morgan fingerprint density at radius 1 is 1.45 bits per heavy atom. The van der Waals surface area contributed by atoms with E-state index in [2.05, 4.69) is 20.4 Å². The lowest BCUT2D eigenvalue weighted by molar-refractivity contribution is -0.123. The van der Waals surface area contributed by atoms with Gasteiger partial charge in [-0.1, -0.05) is 19.0 Å². The Labute approximate surface area is 128 Å². The van der Waals surface area contributed by atoms with Gasteiger partial charge in [0.15, 0.2) is 5.82 Å². The first-order valence-electron chi connectivity index (χ1n) is 7.25. The molecule has 2 rings (SSSR count). The maximum atomic E-state index is 12.2. The lowest BCUT2D eigenvalue weighted by Crippen LogP contribution is -2.33. The molecule has 0 radical (unpaired) electrons. The van der Waals surface area contributed by atoms with Crippen LogP contribution in [0.25, 0.3) is 0 Å². The molecule has 2 N–H and O–H groups in total. The smallest absolute Gasteiger partial charge is 0.252 e. The Kier molecular flexibility index (Phi) is 5.26. The van der Waals surface area contributed by atoms with Crippen LogP contribution in [0, 0.1) is 0 Å². The molecule has 0 aromatic carbocycles. The molecular formula is C14H21N5O3. The van der Waals surface area contributed by atoms with Gasteiger partial charge in [0.1, 0.15) is 18.5 Å². The first kappa shape index (κ1) is 16.2. The normalized spacial score (nSPS) is 12.6. The van der Waals surface area contributed by atoms with E-state index in [1.54, 1.807) is 6.20 Å². The number of carbonyl (C=O) groups is 1. The average molecular weight is 307 g/mol. The summed E-state index contributed by atoms with van der Waals surface area (Å²) < 4.78 is 6.66. The molecule has 2 aromatic rings. The summed E-state index contributed by atoms with van der Waals surface area (Å²) in [5, 5.41) is 15.4. The molecule has 8 heteroatoms. The largest absolute Gasteiger partial charge is 0.387 e. The van der Waals surface area contributed by atoms with Crippen molar-refractivity contribution in [1.29, 1.82) is 0 Å². The van der Waals surface area contributed by atoms with Gasteiger partial charge >= 0.3 is 0 Å². The number of imidazole rings is 1. The van der Waals surface area contributed by atoms with Crippen molar-refractivity contribution in [2.24, 2.45) is 0 Å². The first-order valence-corrected chi connectivity index (χ1v) is 7.25. The molecule has 0 spiro atoms. The Bertz CT molecular complexity index is 620. The molecule has 0 saturated heterocycles. The number of hydrogen-bond acceptors (Lipinski definition) is 6. The minimum absolute atomic E-state index is 0.0919. The zero-order valence-corrected chi connectivity index (χ0v) is 13.0. The highest BCUT2D eigenvalue weighted by atomic mass is 16.5. The van der Waals surface area contributed by atoms with E-state index >= 15 is 0 Å². The second-order valence-corrected chi connectivity index (χ2v) is 5.33. The SMILES string of the molecule is CC(C)c1nccn1C(C)C(=O)NCCc1noc(CO)n1. The van der Waals surface area contributed by atoms with Crippen LogP contribution in [0.1, 0.15) is 50.3 Å². The highest BCUT2D eigenvalue weighted by molar-refractivity contribution is 5.79. The molecule has 0 bridgehead atoms. The number of aliphatic hydroxyl groups excluding tert-OH is 1. The molecule has 0 aliphatic carbocycles. The van der Waals surface area contributed by atoms with Crippen LogP contribution in [0.2, 0.25) is 0 Å². The third kappa shape index (κ3) is 3.70. The lowest BCUT2D eigenvalue weighted by atomic mass is 10.2. The summed E-state index contributed by atoms with van der Waals surface area (Å²) in [5.41, 5.74) is 0. The van der Waals surface area contributed by atoms with E-state index in [0.717, 1.165) is 5.82 Å². The monoisotopic (exact) mass is 307 g/mol. The van der Waals surface area contributed by atoms with Gasteiger partial charge in [-0.15, -0.1) is 0 Å². The second kappa shape index (κ2) is 7.17. The van der Waals surface area contributed by atoms with Crippen LogP contribution in [0.5, 0.6) is 0 Å². The van der Waals surface area contributed by atoms with E-state index < -0.39 is 0 Å². The molecule has 0 aliphatic rings. The number of nitrogens with zero attached hydrogens (tertiary/aromatic N) is 4. The highest BCUT2D eigenvalue weighted by Crippen LogP contribution is 2.17. The van der Waals surface area contributed by atoms with Crippen LogP contribution in [-0.2, 0) is 17.8 Å². The van der Waals surface area contributed by atoms with Crippen molar-refractivity contribution in [3.05, 3.63) is 29.9 Å². The molecule has 1 amide bonds. The highest BCUT2D eigenvalue weighted by Gasteiger charge is 2.19. The topological polar surface area (TPSA) is 106 Å². The van der Waals surface area contributed by atoms with Crippen molar-refractivity contribution < 1.29 is 14.4 Å². The quantitative estimate of drug-likeness (QED) is 0.783. The zero-order valence-electron chi connectivity index (χ0n) is 13.0. The van der Waals surface area contributed by atoms with Gasteiger partial charge in [-0.25, -0.2) is 4.98 Å². The molecule has 0 saturated carbocycles. The number of hydrogen-bond donors (Lipinski definition) is 2. The van der Waals surface area contributed by atoms with Gasteiger partial charge in [0.2, 0.25) is 5.91 Å². The van der Waals surface area contributed by atoms with Crippen molar-refractivity contribution in [2.75, 3.05) is 6.54 Å². The minimum Gasteiger partial charge on any atom is -0.387 e. The fourth-order valence-corrected chi connectivity index (χ4v) is 2.13. The van der Waals surface area contributed by atoms with Crippen LogP contribution >= 0.6 is 0 Å². The predicted molar refractivity (Wildman–Crippen MR) is 78.0 cm³/mol. The molecule has 8 nitrogen and oxygen atoms in total. The number of rotatable bonds is 7. The maximum absolute atomic E-state index is 12.2. The molecule has 22 heavy (non-hydrogen) atoms. The molecule has 120 valence electrons. The second-order valence-electron chi connectivity index (χ2n) is 5.33. The summed E-state index contributed by atoms with van der Waals surface area (Å²) in [6, 6.07) is -0.335. The van der Waals surface area contributed by atoms with Crippen LogP contribution in [-0.4, -0.2) is 37.3 Å². The van der Waals surface area contributed by atoms with E-state index in [0.29, 0.717) is 18.8 Å². The van der Waals surface area contributed by atoms with E-state index in [4.69, 9.17) is 9.63 Å². The van der Waals surface area contributed by atoms with Gasteiger partial charge in [0.25, 0.3) is 5.89 Å². The van der Waals surface area contributed by atoms with Crippen LogP contribution in [0.15, 0.2) is 16.9 Å². The molecule has 1 unspecified atom stereocenters. The summed E-state index contributed by atoms with van der Waals surface area (Å²) in [6.45, 7) is 6.03. The number of aliphatic hydroxyl groups is 1. The third-order valence-corrected chi connectivity index (χ3v) is 3.30. The fourth-order valence-electron chi connectivity index (χ4n) is 2.13. The van der Waals surface area contributed by atoms with Crippen molar-refractivity contribution in [3.63, 3.8) is 0 Å². The van der Waals surface area contributed by atoms with Gasteiger partial charge in [0.05, 0.1) is 0 Å². The summed E-state index contributed by atoms with van der Waals surface area (Å²) in [4.78, 5) is 20.5. The van der Waals surface area contributed by atoms with Crippen molar-refractivity contribution in [3.8, 4) is 0 Å². The molecule has 0 fully saturated rings. The van der Waals surface area contributed by atoms with Crippen molar-refractivity contribution >= 4 is 5.91 Å². The fraction of sp³-hybridized carbons (Fsp3) is 0.571. The van der Waals surface area contributed by atoms with Gasteiger partial charge < -0.3 is 19.5 Å². The predicted octanol–water partition coefficient (Wildman–Crippen LogP) is 0.802. The van der Waals surface area contributed by atoms with Gasteiger partial charge in [-0.2, -0.15) is 4.98 Å². The minimum atomic E-state index is -0.335. The van der Waals surface area contributed by atoms with E-state index in [1.165, 1.54) is 0 Å². The molecule has 1 atom stereocenters. The number of carbonyl (C=O) groups excluding carboxylic acids is 1. The van der Waals surface area contributed by atoms with Gasteiger partial charge in [-0.3, -0.25) is 4.79 Å². The molecule has 2 aromatic heterocycles. The Hall–Kier alpha value is -2.22. The van der Waals surface area contributed by atoms with Crippen molar-refractivity contribution in [2.45, 2.75) is 45.8 Å². The average Bonchev–Trinajstić information content (AvgIpc) is 3.15. The molecular weight excluding hydrogens is 286 g/mol. The third-order valence-electron chi connectivity index (χ3n) is 3.30. The summed E-state index contributed by atoms with van der Waals surface area (Å²) in [7, 11) is 0. The Morgan fingerprint density at radius 3 is 2.86 bits per heavy atom. The lowest BCUT2D eigenvalue weighted by Gasteiger charge is -2.17. The molecule has 0 aliphatic heterocycles. The van der Waals surface area contributed by atoms with Gasteiger partial charge in [-0.05, 0) is 6.92 Å². The van der Waals surface area contributed by atoms with Crippen LogP contribution in [0.4, 0.5) is 0 Å². The Balaban J connectivity index is 1.87. The zero-order chi connectivity index (χ0) is 16.1. The van der Waals surface area contributed by atoms with E-state index in [9.17, 15) is 4.79 Å². The summed E-state index contributed by atoms with van der Waals surface area (Å²) in [6.07, 6.45) is 3.96. The summed E-state index contributed by atoms with van der Waals surface area (Å²) >= 11 is 0. The number of amides is 1. The van der Waals surface area contributed by atoms with Gasteiger partial charge in [0, 0.05) is 31.3 Å². The number of aromatic nitrogens is 4. The first-order chi connectivity index (χ1) is 10.5. The Morgan fingerprint density at radius 2 is 2.23 bits per heavy atom. The van der Waals surface area contributed by atoms with E-state index in [-0.39, 0.29) is 30.4 Å². The maximum Gasteiger partial charge on any atom is 0.252 e. The molecule has 2 heterocycles. The van der Waals surface area contributed by atoms with E-state index in [1.807, 2.05) is 31.5 Å². The van der Waals surface area contributed by atoms with Crippen LogP contribution < -0.4 is 5.32 Å². The number of nitrogens with one attached hydrogen (secondary N) is 1. The van der Waals surface area contributed by atoms with Crippen LogP contribution in [0.3, 0.4) is 0 Å².